The Morgan fingerprint density at radius 3 is 2.60 bits per heavy atom. The van der Waals surface area contributed by atoms with Crippen molar-refractivity contribution in [2.24, 2.45) is 0 Å². The van der Waals surface area contributed by atoms with Crippen molar-refractivity contribution in [3.8, 4) is 17.5 Å². The number of amides is 1. The zero-order chi connectivity index (χ0) is 17.6. The van der Waals surface area contributed by atoms with Crippen molar-refractivity contribution in [1.82, 2.24) is 15.1 Å². The minimum absolute atomic E-state index is 0.0965. The van der Waals surface area contributed by atoms with E-state index in [4.69, 9.17) is 14.2 Å². The Balaban J connectivity index is 1.46. The molecule has 25 heavy (non-hydrogen) atoms. The van der Waals surface area contributed by atoms with Crippen LogP contribution in [0.25, 0.3) is 0 Å². The summed E-state index contributed by atoms with van der Waals surface area (Å²) < 4.78 is 28.9. The van der Waals surface area contributed by atoms with Gasteiger partial charge in [0, 0.05) is 25.1 Å². The predicted molar refractivity (Wildman–Crippen MR) is 86.1 cm³/mol. The maximum absolute atomic E-state index is 12.8. The molecular weight excluding hydrogens is 329 g/mol. The van der Waals surface area contributed by atoms with Crippen LogP contribution < -0.4 is 14.2 Å². The SMILES string of the molecule is COc1ccc(OC2CCN(C(=O)COc3ccc(F)cc3)C2)nn1. The summed E-state index contributed by atoms with van der Waals surface area (Å²) in [5, 5.41) is 7.75. The fraction of sp³-hybridized carbons (Fsp3) is 0.353. The van der Waals surface area contributed by atoms with Crippen LogP contribution >= 0.6 is 0 Å². The molecule has 0 bridgehead atoms. The maximum Gasteiger partial charge on any atom is 0.260 e. The van der Waals surface area contributed by atoms with Crippen LogP contribution in [0.3, 0.4) is 0 Å². The number of hydrogen-bond acceptors (Lipinski definition) is 6. The number of aromatic nitrogens is 2. The fourth-order valence-corrected chi connectivity index (χ4v) is 2.47. The first-order valence-corrected chi connectivity index (χ1v) is 7.84. The molecule has 1 fully saturated rings. The number of rotatable bonds is 6. The van der Waals surface area contributed by atoms with Gasteiger partial charge < -0.3 is 19.1 Å². The van der Waals surface area contributed by atoms with Gasteiger partial charge in [-0.15, -0.1) is 10.2 Å². The lowest BCUT2D eigenvalue weighted by Gasteiger charge is -2.17. The third-order valence-corrected chi connectivity index (χ3v) is 3.79. The molecule has 1 aliphatic heterocycles. The molecule has 132 valence electrons. The van der Waals surface area contributed by atoms with Gasteiger partial charge in [-0.25, -0.2) is 4.39 Å². The highest BCUT2D eigenvalue weighted by molar-refractivity contribution is 5.78. The Kier molecular flexibility index (Phi) is 5.27. The molecule has 0 radical (unpaired) electrons. The first kappa shape index (κ1) is 16.9. The predicted octanol–water partition coefficient (Wildman–Crippen LogP) is 1.68. The lowest BCUT2D eigenvalue weighted by molar-refractivity contribution is -0.132. The van der Waals surface area contributed by atoms with E-state index in [1.165, 1.54) is 31.4 Å². The number of ether oxygens (including phenoxy) is 3. The van der Waals surface area contributed by atoms with Crippen LogP contribution in [0.4, 0.5) is 4.39 Å². The maximum atomic E-state index is 12.8. The van der Waals surface area contributed by atoms with Gasteiger partial charge in [-0.05, 0) is 24.3 Å². The van der Waals surface area contributed by atoms with Gasteiger partial charge in [0.05, 0.1) is 13.7 Å². The second-order valence-corrected chi connectivity index (χ2v) is 5.52. The zero-order valence-electron chi connectivity index (χ0n) is 13.7. The molecule has 1 amide bonds. The standard InChI is InChI=1S/C17H18FN3O4/c1-23-15-6-7-16(20-19-15)25-14-8-9-21(10-14)17(22)11-24-13-4-2-12(18)3-5-13/h2-7,14H,8-11H2,1H3. The van der Waals surface area contributed by atoms with Crippen LogP contribution in [-0.4, -0.2) is 53.9 Å². The second-order valence-electron chi connectivity index (χ2n) is 5.52. The van der Waals surface area contributed by atoms with Crippen LogP contribution in [0.15, 0.2) is 36.4 Å². The summed E-state index contributed by atoms with van der Waals surface area (Å²) in [6.07, 6.45) is 0.563. The van der Waals surface area contributed by atoms with Gasteiger partial charge in [-0.2, -0.15) is 0 Å². The Bertz CT molecular complexity index is 709. The van der Waals surface area contributed by atoms with Crippen molar-refractivity contribution >= 4 is 5.91 Å². The summed E-state index contributed by atoms with van der Waals surface area (Å²) >= 11 is 0. The lowest BCUT2D eigenvalue weighted by Crippen LogP contribution is -2.34. The molecule has 8 heteroatoms. The van der Waals surface area contributed by atoms with E-state index in [1.807, 2.05) is 0 Å². The minimum Gasteiger partial charge on any atom is -0.484 e. The molecule has 1 aromatic heterocycles. The molecule has 0 saturated carbocycles. The third kappa shape index (κ3) is 4.56. The topological polar surface area (TPSA) is 73.8 Å². The number of hydrogen-bond donors (Lipinski definition) is 0. The third-order valence-electron chi connectivity index (χ3n) is 3.79. The quantitative estimate of drug-likeness (QED) is 0.792. The van der Waals surface area contributed by atoms with E-state index >= 15 is 0 Å². The first-order valence-electron chi connectivity index (χ1n) is 7.84. The molecule has 1 aromatic carbocycles. The van der Waals surface area contributed by atoms with Crippen molar-refractivity contribution in [3.05, 3.63) is 42.2 Å². The van der Waals surface area contributed by atoms with E-state index in [2.05, 4.69) is 10.2 Å². The van der Waals surface area contributed by atoms with E-state index in [9.17, 15) is 9.18 Å². The van der Waals surface area contributed by atoms with Gasteiger partial charge >= 0.3 is 0 Å². The molecule has 1 saturated heterocycles. The van der Waals surface area contributed by atoms with E-state index in [0.717, 1.165) is 0 Å². The number of carbonyl (C=O) groups is 1. The summed E-state index contributed by atoms with van der Waals surface area (Å²) in [6.45, 7) is 0.944. The summed E-state index contributed by atoms with van der Waals surface area (Å²) in [5.41, 5.74) is 0. The van der Waals surface area contributed by atoms with Crippen molar-refractivity contribution in [1.29, 1.82) is 0 Å². The highest BCUT2D eigenvalue weighted by atomic mass is 19.1. The molecule has 0 aliphatic carbocycles. The van der Waals surface area contributed by atoms with Crippen molar-refractivity contribution in [2.45, 2.75) is 12.5 Å². The van der Waals surface area contributed by atoms with Crippen LogP contribution in [0.1, 0.15) is 6.42 Å². The molecule has 0 spiro atoms. The second kappa shape index (κ2) is 7.78. The van der Waals surface area contributed by atoms with Gasteiger partial charge in [0.2, 0.25) is 11.8 Å². The average molecular weight is 347 g/mol. The molecule has 3 rings (SSSR count). The summed E-state index contributed by atoms with van der Waals surface area (Å²) in [5.74, 6) is 0.766. The highest BCUT2D eigenvalue weighted by Crippen LogP contribution is 2.18. The van der Waals surface area contributed by atoms with Gasteiger partial charge in [-0.1, -0.05) is 0 Å². The van der Waals surface area contributed by atoms with Crippen LogP contribution in [0.5, 0.6) is 17.5 Å². The van der Waals surface area contributed by atoms with Gasteiger partial charge in [-0.3, -0.25) is 4.79 Å². The Labute approximate surface area is 144 Å². The number of methoxy groups -OCH3 is 1. The van der Waals surface area contributed by atoms with E-state index in [0.29, 0.717) is 37.0 Å². The fourth-order valence-electron chi connectivity index (χ4n) is 2.47. The van der Waals surface area contributed by atoms with E-state index in [-0.39, 0.29) is 24.4 Å². The molecular formula is C17H18FN3O4. The monoisotopic (exact) mass is 347 g/mol. The van der Waals surface area contributed by atoms with E-state index < -0.39 is 0 Å². The number of halogens is 1. The van der Waals surface area contributed by atoms with Crippen LogP contribution in [0.2, 0.25) is 0 Å². The highest BCUT2D eigenvalue weighted by Gasteiger charge is 2.28. The number of nitrogens with zero attached hydrogens (tertiary/aromatic N) is 3. The van der Waals surface area contributed by atoms with Crippen LogP contribution in [-0.2, 0) is 4.79 Å². The summed E-state index contributed by atoms with van der Waals surface area (Å²) in [4.78, 5) is 13.9. The zero-order valence-corrected chi connectivity index (χ0v) is 13.7. The number of likely N-dealkylation sites (tertiary alicyclic amines) is 1. The normalized spacial score (nSPS) is 16.6. The molecule has 1 unspecified atom stereocenters. The summed E-state index contributed by atoms with van der Waals surface area (Å²) in [7, 11) is 1.51. The van der Waals surface area contributed by atoms with Gasteiger partial charge in [0.25, 0.3) is 5.91 Å². The smallest absolute Gasteiger partial charge is 0.260 e. The van der Waals surface area contributed by atoms with Crippen molar-refractivity contribution in [2.75, 3.05) is 26.8 Å². The Morgan fingerprint density at radius 2 is 1.92 bits per heavy atom. The Morgan fingerprint density at radius 1 is 1.20 bits per heavy atom. The molecule has 1 atom stereocenters. The van der Waals surface area contributed by atoms with Gasteiger partial charge in [0.15, 0.2) is 6.61 Å². The number of carbonyl (C=O) groups excluding carboxylic acids is 1. The number of benzene rings is 1. The van der Waals surface area contributed by atoms with Crippen molar-refractivity contribution in [3.63, 3.8) is 0 Å². The minimum atomic E-state index is -0.347. The molecule has 1 aliphatic rings. The largest absolute Gasteiger partial charge is 0.484 e. The van der Waals surface area contributed by atoms with Crippen molar-refractivity contribution < 1.29 is 23.4 Å². The average Bonchev–Trinajstić information content (AvgIpc) is 3.10. The molecule has 2 heterocycles. The molecule has 0 N–H and O–H groups in total. The Hall–Kier alpha value is -2.90. The van der Waals surface area contributed by atoms with E-state index in [1.54, 1.807) is 17.0 Å². The molecule has 7 nitrogen and oxygen atoms in total. The lowest BCUT2D eigenvalue weighted by atomic mass is 10.3. The first-order chi connectivity index (χ1) is 12.1. The van der Waals surface area contributed by atoms with Gasteiger partial charge in [0.1, 0.15) is 17.7 Å². The van der Waals surface area contributed by atoms with Crippen LogP contribution in [0, 0.1) is 5.82 Å². The molecule has 2 aromatic rings. The summed E-state index contributed by atoms with van der Waals surface area (Å²) in [6, 6.07) is 8.89.